The molecule has 0 aliphatic carbocycles. The molecule has 4 heteroatoms. The molecule has 0 spiro atoms. The zero-order valence-corrected chi connectivity index (χ0v) is 30.3. The molecule has 0 saturated heterocycles. The Balaban J connectivity index is 1.56. The molecule has 2 aliphatic rings. The van der Waals surface area contributed by atoms with Gasteiger partial charge in [0.05, 0.1) is 22.7 Å². The van der Waals surface area contributed by atoms with Gasteiger partial charge < -0.3 is 0 Å². The van der Waals surface area contributed by atoms with E-state index in [1.54, 1.807) is 0 Å². The van der Waals surface area contributed by atoms with Crippen LogP contribution in [-0.4, -0.2) is 0 Å². The van der Waals surface area contributed by atoms with Crippen molar-refractivity contribution in [1.29, 1.82) is 0 Å². The summed E-state index contributed by atoms with van der Waals surface area (Å²) in [5.74, 6) is 2.15. The molecule has 0 radical (unpaired) electrons. The van der Waals surface area contributed by atoms with Crippen LogP contribution in [0.5, 0.6) is 0 Å². The average Bonchev–Trinajstić information content (AvgIpc) is 3.58. The molecule has 0 N–H and O–H groups in total. The van der Waals surface area contributed by atoms with Crippen LogP contribution in [0, 0.1) is 55.4 Å². The highest BCUT2D eigenvalue weighted by atomic mass is 15.5. The fourth-order valence-electron chi connectivity index (χ4n) is 7.17. The van der Waals surface area contributed by atoms with Gasteiger partial charge in [-0.3, -0.25) is 19.6 Å². The normalized spacial score (nSPS) is 13.8. The highest BCUT2D eigenvalue weighted by Crippen LogP contribution is 2.57. The fraction of sp³-hybridized carbons (Fsp3) is 0.174. The van der Waals surface area contributed by atoms with E-state index < -0.39 is 0 Å². The molecular weight excluding hydrogens is 609 g/mol. The first-order valence-corrected chi connectivity index (χ1v) is 17.5. The predicted octanol–water partition coefficient (Wildman–Crippen LogP) is 12.6. The first-order valence-electron chi connectivity index (χ1n) is 17.5. The molecular formula is C46H44N4. The van der Waals surface area contributed by atoms with Gasteiger partial charge in [0.15, 0.2) is 11.6 Å². The van der Waals surface area contributed by atoms with Crippen LogP contribution in [0.25, 0.3) is 0 Å². The lowest BCUT2D eigenvalue weighted by Gasteiger charge is -2.34. The minimum absolute atomic E-state index is 1.07. The summed E-state index contributed by atoms with van der Waals surface area (Å²) < 4.78 is 0. The van der Waals surface area contributed by atoms with Crippen LogP contribution in [0.15, 0.2) is 133 Å². The fourth-order valence-corrected chi connectivity index (χ4v) is 7.17. The maximum atomic E-state index is 2.48. The van der Waals surface area contributed by atoms with Gasteiger partial charge in [0.2, 0.25) is 0 Å². The maximum Gasteiger partial charge on any atom is 0.166 e. The average molecular weight is 653 g/mol. The Hall–Kier alpha value is -5.74. The zero-order valence-electron chi connectivity index (χ0n) is 30.3. The minimum atomic E-state index is 1.07. The number of fused-ring (bicyclic) bond motifs is 2. The second kappa shape index (κ2) is 12.0. The summed E-state index contributed by atoms with van der Waals surface area (Å²) in [6.07, 6.45) is 0. The van der Waals surface area contributed by atoms with Gasteiger partial charge >= 0.3 is 0 Å². The van der Waals surface area contributed by atoms with Crippen LogP contribution in [-0.2, 0) is 0 Å². The molecule has 0 fully saturated rings. The van der Waals surface area contributed by atoms with Gasteiger partial charge in [-0.05, 0) is 150 Å². The largest absolute Gasteiger partial charge is 0.291 e. The van der Waals surface area contributed by atoms with Crippen molar-refractivity contribution in [2.45, 2.75) is 55.4 Å². The first kappa shape index (κ1) is 31.5. The number of aryl methyl sites for hydroxylation is 8. The van der Waals surface area contributed by atoms with Crippen molar-refractivity contribution in [3.8, 4) is 0 Å². The quantitative estimate of drug-likeness (QED) is 0.188. The van der Waals surface area contributed by atoms with Crippen molar-refractivity contribution < 1.29 is 0 Å². The Morgan fingerprint density at radius 1 is 0.260 bits per heavy atom. The highest BCUT2D eigenvalue weighted by Gasteiger charge is 2.44. The van der Waals surface area contributed by atoms with Gasteiger partial charge in [-0.15, -0.1) is 0 Å². The van der Waals surface area contributed by atoms with E-state index in [-0.39, 0.29) is 0 Å². The van der Waals surface area contributed by atoms with Crippen molar-refractivity contribution in [2.75, 3.05) is 19.6 Å². The third-order valence-corrected chi connectivity index (χ3v) is 10.4. The molecule has 0 atom stereocenters. The van der Waals surface area contributed by atoms with Crippen LogP contribution < -0.4 is 19.6 Å². The van der Waals surface area contributed by atoms with E-state index in [0.717, 1.165) is 57.1 Å². The zero-order chi connectivity index (χ0) is 34.8. The molecule has 0 amide bonds. The first-order chi connectivity index (χ1) is 24.1. The molecule has 0 saturated carbocycles. The summed E-state index contributed by atoms with van der Waals surface area (Å²) in [6, 6.07) is 45.3. The van der Waals surface area contributed by atoms with Crippen LogP contribution >= 0.6 is 0 Å². The summed E-state index contributed by atoms with van der Waals surface area (Å²) in [5.41, 5.74) is 19.1. The van der Waals surface area contributed by atoms with E-state index in [0.29, 0.717) is 0 Å². The number of benzene rings is 6. The van der Waals surface area contributed by atoms with Gasteiger partial charge in [0, 0.05) is 22.7 Å². The molecule has 2 heterocycles. The van der Waals surface area contributed by atoms with Crippen LogP contribution in [0.4, 0.5) is 45.5 Å². The molecule has 6 aromatic carbocycles. The number of hydrogen-bond donors (Lipinski definition) is 0. The second-order valence-electron chi connectivity index (χ2n) is 14.2. The van der Waals surface area contributed by atoms with Crippen molar-refractivity contribution in [3.63, 3.8) is 0 Å². The van der Waals surface area contributed by atoms with Crippen molar-refractivity contribution in [2.24, 2.45) is 0 Å². The van der Waals surface area contributed by atoms with Crippen LogP contribution in [0.2, 0.25) is 0 Å². The van der Waals surface area contributed by atoms with Crippen LogP contribution in [0.3, 0.4) is 0 Å². The summed E-state index contributed by atoms with van der Waals surface area (Å²) in [5, 5.41) is 0. The molecule has 0 bridgehead atoms. The summed E-state index contributed by atoms with van der Waals surface area (Å²) >= 11 is 0. The van der Waals surface area contributed by atoms with E-state index in [1.165, 1.54) is 44.5 Å². The van der Waals surface area contributed by atoms with Gasteiger partial charge in [-0.2, -0.15) is 0 Å². The lowest BCUT2D eigenvalue weighted by atomic mass is 10.1. The monoisotopic (exact) mass is 652 g/mol. The minimum Gasteiger partial charge on any atom is -0.291 e. The van der Waals surface area contributed by atoms with Gasteiger partial charge in [-0.1, -0.05) is 70.8 Å². The van der Waals surface area contributed by atoms with E-state index in [4.69, 9.17) is 0 Å². The van der Waals surface area contributed by atoms with Crippen molar-refractivity contribution >= 4 is 45.5 Å². The highest BCUT2D eigenvalue weighted by molar-refractivity contribution is 6.00. The summed E-state index contributed by atoms with van der Waals surface area (Å²) in [7, 11) is 0. The summed E-state index contributed by atoms with van der Waals surface area (Å²) in [6.45, 7) is 17.5. The molecule has 248 valence electrons. The maximum absolute atomic E-state index is 2.48. The molecule has 0 unspecified atom stereocenters. The Labute approximate surface area is 297 Å². The molecule has 50 heavy (non-hydrogen) atoms. The summed E-state index contributed by atoms with van der Waals surface area (Å²) in [4.78, 5) is 9.91. The SMILES string of the molecule is Cc1ccc(N2C(=C3N(c4ccc(C)cc4)c4cc(C)c(C)cc4N3c3ccc(C)cc3)N(c3ccc(C)cc3)c3cc(C)c(C)cc32)cc1. The number of nitrogens with zero attached hydrogens (tertiary/aromatic N) is 4. The molecule has 6 aromatic rings. The molecule has 4 nitrogen and oxygen atoms in total. The topological polar surface area (TPSA) is 13.0 Å². The Kier molecular flexibility index (Phi) is 7.56. The van der Waals surface area contributed by atoms with Crippen LogP contribution in [0.1, 0.15) is 44.5 Å². The number of anilines is 8. The lowest BCUT2D eigenvalue weighted by molar-refractivity contribution is 1.01. The van der Waals surface area contributed by atoms with E-state index in [2.05, 4.69) is 196 Å². The van der Waals surface area contributed by atoms with Gasteiger partial charge in [0.25, 0.3) is 0 Å². The van der Waals surface area contributed by atoms with Crippen molar-refractivity contribution in [3.05, 3.63) is 177 Å². The van der Waals surface area contributed by atoms with E-state index >= 15 is 0 Å². The number of rotatable bonds is 4. The number of hydrogen-bond acceptors (Lipinski definition) is 4. The third-order valence-electron chi connectivity index (χ3n) is 10.4. The van der Waals surface area contributed by atoms with Gasteiger partial charge in [0.1, 0.15) is 0 Å². The van der Waals surface area contributed by atoms with Crippen molar-refractivity contribution in [1.82, 2.24) is 0 Å². The smallest absolute Gasteiger partial charge is 0.166 e. The Morgan fingerprint density at radius 3 is 0.620 bits per heavy atom. The molecule has 0 aromatic heterocycles. The third kappa shape index (κ3) is 5.14. The predicted molar refractivity (Wildman–Crippen MR) is 212 cm³/mol. The Morgan fingerprint density at radius 2 is 0.440 bits per heavy atom. The lowest BCUT2D eigenvalue weighted by Crippen LogP contribution is -2.33. The van der Waals surface area contributed by atoms with E-state index in [1.807, 2.05) is 0 Å². The Bertz CT molecular complexity index is 1950. The molecule has 2 aliphatic heterocycles. The second-order valence-corrected chi connectivity index (χ2v) is 14.2. The van der Waals surface area contributed by atoms with E-state index in [9.17, 15) is 0 Å². The molecule has 8 rings (SSSR count). The standard InChI is InChI=1S/C46H44N4/c1-29-9-17-37(18-10-29)47-41-25-33(5)34(6)26-42(41)48(38-19-11-30(2)12-20-38)45(47)46-49(39-21-13-31(3)14-22-39)43-27-35(7)36(8)28-44(43)50(46)40-23-15-32(4)16-24-40/h9-28H,1-8H3. The van der Waals surface area contributed by atoms with Gasteiger partial charge in [-0.25, -0.2) is 0 Å².